The first-order chi connectivity index (χ1) is 18.6. The van der Waals surface area contributed by atoms with E-state index < -0.39 is 17.6 Å². The van der Waals surface area contributed by atoms with Crippen LogP contribution in [-0.4, -0.2) is 12.6 Å². The molecule has 0 N–H and O–H groups in total. The summed E-state index contributed by atoms with van der Waals surface area (Å²) in [5.74, 6) is -2.27. The Hall–Kier alpha value is -3.05. The van der Waals surface area contributed by atoms with Gasteiger partial charge in [-0.1, -0.05) is 114 Å². The number of carbonyl (C=O) groups is 1. The number of halogens is 2. The van der Waals surface area contributed by atoms with Gasteiger partial charge < -0.3 is 0 Å². The van der Waals surface area contributed by atoms with Crippen LogP contribution in [0.4, 0.5) is 8.78 Å². The Morgan fingerprint density at radius 1 is 0.737 bits per heavy atom. The maximum Gasteiger partial charge on any atom is 0.376 e. The van der Waals surface area contributed by atoms with Crippen LogP contribution < -0.4 is 0 Å². The van der Waals surface area contributed by atoms with Crippen LogP contribution in [0.25, 0.3) is 22.3 Å². The number of aryl methyl sites for hydroxylation is 1. The molecule has 3 aromatic carbocycles. The third-order valence-electron chi connectivity index (χ3n) is 6.78. The molecule has 3 rings (SSSR count). The van der Waals surface area contributed by atoms with Gasteiger partial charge in [-0.3, -0.25) is 4.89 Å². The van der Waals surface area contributed by atoms with Crippen LogP contribution in [0, 0.1) is 11.6 Å². The fourth-order valence-electron chi connectivity index (χ4n) is 4.61. The standard InChI is InChI=1S/C33H40F2O3/c1-3-5-7-9-10-15-23-37-38-33(36)29-22-21-27(26-17-13-11-14-18-26)31(32(29)35)28-20-19-25(24-30(28)34)16-12-8-6-4-2/h11,13-14,17-22,24H,3-10,12,15-16,23H2,1-2H3. The molecule has 0 radical (unpaired) electrons. The van der Waals surface area contributed by atoms with E-state index >= 15 is 8.78 Å². The van der Waals surface area contributed by atoms with Crippen molar-refractivity contribution < 1.29 is 23.4 Å². The van der Waals surface area contributed by atoms with Crippen molar-refractivity contribution in [2.24, 2.45) is 0 Å². The minimum Gasteiger partial charge on any atom is -0.293 e. The van der Waals surface area contributed by atoms with Crippen LogP contribution in [-0.2, 0) is 16.2 Å². The lowest BCUT2D eigenvalue weighted by Crippen LogP contribution is -2.10. The Bertz CT molecular complexity index is 1140. The van der Waals surface area contributed by atoms with Crippen LogP contribution in [0.5, 0.6) is 0 Å². The highest BCUT2D eigenvalue weighted by Gasteiger charge is 2.24. The molecule has 38 heavy (non-hydrogen) atoms. The summed E-state index contributed by atoms with van der Waals surface area (Å²) in [7, 11) is 0. The molecule has 0 heterocycles. The van der Waals surface area contributed by atoms with Crippen molar-refractivity contribution in [2.75, 3.05) is 6.61 Å². The number of benzene rings is 3. The average molecular weight is 523 g/mol. The molecule has 0 amide bonds. The van der Waals surface area contributed by atoms with Gasteiger partial charge in [0.05, 0.1) is 12.2 Å². The molecule has 0 saturated carbocycles. The maximum absolute atomic E-state index is 15.9. The molecule has 0 unspecified atom stereocenters. The molecule has 0 bridgehead atoms. The fourth-order valence-corrected chi connectivity index (χ4v) is 4.61. The normalized spacial score (nSPS) is 11.1. The van der Waals surface area contributed by atoms with E-state index in [4.69, 9.17) is 9.78 Å². The summed E-state index contributed by atoms with van der Waals surface area (Å²) >= 11 is 0. The monoisotopic (exact) mass is 522 g/mol. The van der Waals surface area contributed by atoms with E-state index in [9.17, 15) is 4.79 Å². The second-order valence-electron chi connectivity index (χ2n) is 9.80. The average Bonchev–Trinajstić information content (AvgIpc) is 2.93. The van der Waals surface area contributed by atoms with Gasteiger partial charge in [0.25, 0.3) is 0 Å². The molecule has 204 valence electrons. The van der Waals surface area contributed by atoms with Gasteiger partial charge in [-0.2, -0.15) is 4.89 Å². The first kappa shape index (κ1) is 29.5. The molecule has 0 spiro atoms. The third kappa shape index (κ3) is 8.49. The maximum atomic E-state index is 15.9. The molecule has 0 saturated heterocycles. The van der Waals surface area contributed by atoms with E-state index in [0.717, 1.165) is 62.5 Å². The zero-order valence-corrected chi connectivity index (χ0v) is 22.7. The summed E-state index contributed by atoms with van der Waals surface area (Å²) in [4.78, 5) is 22.7. The van der Waals surface area contributed by atoms with Crippen molar-refractivity contribution in [2.45, 2.75) is 84.5 Å². The van der Waals surface area contributed by atoms with Crippen molar-refractivity contribution in [1.29, 1.82) is 0 Å². The Morgan fingerprint density at radius 2 is 1.39 bits per heavy atom. The van der Waals surface area contributed by atoms with Crippen molar-refractivity contribution in [1.82, 2.24) is 0 Å². The van der Waals surface area contributed by atoms with E-state index in [2.05, 4.69) is 13.8 Å². The number of unbranched alkanes of at least 4 members (excludes halogenated alkanes) is 8. The smallest absolute Gasteiger partial charge is 0.293 e. The number of hydrogen-bond donors (Lipinski definition) is 0. The lowest BCUT2D eigenvalue weighted by molar-refractivity contribution is -0.241. The van der Waals surface area contributed by atoms with Crippen LogP contribution in [0.15, 0.2) is 60.7 Å². The summed E-state index contributed by atoms with van der Waals surface area (Å²) < 4.78 is 31.4. The summed E-state index contributed by atoms with van der Waals surface area (Å²) in [5, 5.41) is 0. The summed E-state index contributed by atoms with van der Waals surface area (Å²) in [6, 6.07) is 17.1. The predicted molar refractivity (Wildman–Crippen MR) is 150 cm³/mol. The van der Waals surface area contributed by atoms with Crippen LogP contribution in [0.1, 0.15) is 94.0 Å². The van der Waals surface area contributed by atoms with E-state index in [1.54, 1.807) is 12.1 Å². The molecule has 0 atom stereocenters. The van der Waals surface area contributed by atoms with Gasteiger partial charge in [0, 0.05) is 11.1 Å². The molecule has 0 aliphatic rings. The quantitative estimate of drug-likeness (QED) is 0.107. The highest BCUT2D eigenvalue weighted by molar-refractivity contribution is 5.95. The van der Waals surface area contributed by atoms with E-state index in [1.165, 1.54) is 31.4 Å². The van der Waals surface area contributed by atoms with Gasteiger partial charge in [0.1, 0.15) is 11.6 Å². The molecular weight excluding hydrogens is 482 g/mol. The molecule has 5 heteroatoms. The predicted octanol–water partition coefficient (Wildman–Crippen LogP) is 9.87. The van der Waals surface area contributed by atoms with Crippen LogP contribution in [0.2, 0.25) is 0 Å². The molecule has 0 aliphatic heterocycles. The number of rotatable bonds is 16. The van der Waals surface area contributed by atoms with Gasteiger partial charge >= 0.3 is 5.97 Å². The summed E-state index contributed by atoms with van der Waals surface area (Å²) in [5.41, 5.74) is 1.97. The number of hydrogen-bond acceptors (Lipinski definition) is 3. The van der Waals surface area contributed by atoms with Gasteiger partial charge in [-0.05, 0) is 48.1 Å². The first-order valence-corrected chi connectivity index (χ1v) is 14.1. The Kier molecular flexibility index (Phi) is 12.4. The summed E-state index contributed by atoms with van der Waals surface area (Å²) in [6.45, 7) is 4.57. The topological polar surface area (TPSA) is 35.5 Å². The van der Waals surface area contributed by atoms with Crippen molar-refractivity contribution in [3.63, 3.8) is 0 Å². The lowest BCUT2D eigenvalue weighted by atomic mass is 9.91. The molecule has 0 aliphatic carbocycles. The van der Waals surface area contributed by atoms with Gasteiger partial charge in [-0.15, -0.1) is 0 Å². The number of carbonyl (C=O) groups excluding carboxylic acids is 1. The Balaban J connectivity index is 1.81. The second kappa shape index (κ2) is 16.0. The van der Waals surface area contributed by atoms with Crippen molar-refractivity contribution in [3.8, 4) is 22.3 Å². The third-order valence-corrected chi connectivity index (χ3v) is 6.78. The van der Waals surface area contributed by atoms with Crippen molar-refractivity contribution in [3.05, 3.63) is 83.4 Å². The van der Waals surface area contributed by atoms with Crippen molar-refractivity contribution >= 4 is 5.97 Å². The molecule has 0 aromatic heterocycles. The largest absolute Gasteiger partial charge is 0.376 e. The van der Waals surface area contributed by atoms with E-state index in [-0.39, 0.29) is 23.3 Å². The fraction of sp³-hybridized carbons (Fsp3) is 0.424. The SMILES string of the molecule is CCCCCCCCOOC(=O)c1ccc(-c2ccccc2)c(-c2ccc(CCCCCC)cc2F)c1F. The summed E-state index contributed by atoms with van der Waals surface area (Å²) in [6.07, 6.45) is 11.5. The van der Waals surface area contributed by atoms with Crippen LogP contribution >= 0.6 is 0 Å². The Labute approximate surface area is 226 Å². The first-order valence-electron chi connectivity index (χ1n) is 14.1. The molecular formula is C33H40F2O3. The molecule has 0 fully saturated rings. The van der Waals surface area contributed by atoms with E-state index in [1.807, 2.05) is 36.4 Å². The van der Waals surface area contributed by atoms with E-state index in [0.29, 0.717) is 5.56 Å². The zero-order valence-electron chi connectivity index (χ0n) is 22.7. The second-order valence-corrected chi connectivity index (χ2v) is 9.80. The highest BCUT2D eigenvalue weighted by atomic mass is 19.1. The highest BCUT2D eigenvalue weighted by Crippen LogP contribution is 2.37. The van der Waals surface area contributed by atoms with Gasteiger partial charge in [-0.25, -0.2) is 13.6 Å². The minimum atomic E-state index is -0.928. The van der Waals surface area contributed by atoms with Gasteiger partial charge in [0.15, 0.2) is 0 Å². The zero-order chi connectivity index (χ0) is 27.2. The Morgan fingerprint density at radius 3 is 2.11 bits per heavy atom. The molecule has 3 nitrogen and oxygen atoms in total. The molecule has 3 aromatic rings. The van der Waals surface area contributed by atoms with Crippen LogP contribution in [0.3, 0.4) is 0 Å². The minimum absolute atomic E-state index is 0.0385. The van der Waals surface area contributed by atoms with Gasteiger partial charge in [0.2, 0.25) is 0 Å². The lowest BCUT2D eigenvalue weighted by Gasteiger charge is -2.15.